The Labute approximate surface area is 137 Å². The first-order valence-corrected chi connectivity index (χ1v) is 8.34. The highest BCUT2D eigenvalue weighted by atomic mass is 35.5. The van der Waals surface area contributed by atoms with Crippen molar-refractivity contribution in [3.8, 4) is 0 Å². The molecule has 1 aromatic rings. The average molecular weight is 331 g/mol. The van der Waals surface area contributed by atoms with Crippen molar-refractivity contribution in [3.63, 3.8) is 0 Å². The lowest BCUT2D eigenvalue weighted by Crippen LogP contribution is -2.36. The number of nitrogens with one attached hydrogen (secondary N) is 2. The van der Waals surface area contributed by atoms with Gasteiger partial charge in [0.25, 0.3) is 0 Å². The molecule has 0 spiro atoms. The van der Waals surface area contributed by atoms with Crippen LogP contribution < -0.4 is 10.6 Å². The zero-order valence-corrected chi connectivity index (χ0v) is 14.4. The van der Waals surface area contributed by atoms with Gasteiger partial charge >= 0.3 is 0 Å². The summed E-state index contributed by atoms with van der Waals surface area (Å²) in [6.07, 6.45) is 3.64. The molecule has 1 heterocycles. The van der Waals surface area contributed by atoms with Crippen LogP contribution in [0.5, 0.6) is 0 Å². The third kappa shape index (κ3) is 4.63. The predicted molar refractivity (Wildman–Crippen MR) is 91.8 cm³/mol. The number of hydrogen-bond acceptors (Lipinski definition) is 4. The Morgan fingerprint density at radius 1 is 1.29 bits per heavy atom. The van der Waals surface area contributed by atoms with Gasteiger partial charge in [0.2, 0.25) is 0 Å². The SMILES string of the molecule is CCCNc1nc(NCC(C)N(C)C2CC2)c(Cl)cc1Cl. The van der Waals surface area contributed by atoms with E-state index in [1.165, 1.54) is 12.8 Å². The maximum atomic E-state index is 6.22. The van der Waals surface area contributed by atoms with Gasteiger partial charge in [0.1, 0.15) is 11.6 Å². The Morgan fingerprint density at radius 3 is 2.48 bits per heavy atom. The molecule has 1 aromatic heterocycles. The highest BCUT2D eigenvalue weighted by Gasteiger charge is 2.29. The lowest BCUT2D eigenvalue weighted by Gasteiger charge is -2.25. The fourth-order valence-electron chi connectivity index (χ4n) is 2.19. The molecule has 6 heteroatoms. The molecule has 1 aliphatic carbocycles. The fourth-order valence-corrected chi connectivity index (χ4v) is 2.68. The number of aromatic nitrogens is 1. The van der Waals surface area contributed by atoms with Crippen molar-refractivity contribution in [1.29, 1.82) is 0 Å². The Hall–Kier alpha value is -0.710. The van der Waals surface area contributed by atoms with Crippen LogP contribution >= 0.6 is 23.2 Å². The van der Waals surface area contributed by atoms with Crippen LogP contribution in [0.15, 0.2) is 6.07 Å². The van der Waals surface area contributed by atoms with E-state index >= 15 is 0 Å². The van der Waals surface area contributed by atoms with Gasteiger partial charge in [-0.1, -0.05) is 30.1 Å². The molecule has 2 N–H and O–H groups in total. The van der Waals surface area contributed by atoms with Crippen LogP contribution in [0, 0.1) is 0 Å². The summed E-state index contributed by atoms with van der Waals surface area (Å²) in [7, 11) is 2.18. The Bertz CT molecular complexity index is 477. The van der Waals surface area contributed by atoms with Gasteiger partial charge in [0.05, 0.1) is 10.0 Å². The number of rotatable bonds is 8. The van der Waals surface area contributed by atoms with E-state index in [4.69, 9.17) is 23.2 Å². The molecule has 0 bridgehead atoms. The maximum absolute atomic E-state index is 6.22. The lowest BCUT2D eigenvalue weighted by molar-refractivity contribution is 0.257. The average Bonchev–Trinajstić information content (AvgIpc) is 3.28. The van der Waals surface area contributed by atoms with Crippen molar-refractivity contribution in [2.75, 3.05) is 30.8 Å². The first-order chi connectivity index (χ1) is 10.0. The van der Waals surface area contributed by atoms with Gasteiger partial charge in [-0.2, -0.15) is 0 Å². The van der Waals surface area contributed by atoms with E-state index in [9.17, 15) is 0 Å². The van der Waals surface area contributed by atoms with Gasteiger partial charge in [0.15, 0.2) is 0 Å². The second-order valence-corrected chi connectivity index (χ2v) is 6.52. The molecule has 0 aromatic carbocycles. The van der Waals surface area contributed by atoms with E-state index < -0.39 is 0 Å². The first kappa shape index (κ1) is 16.7. The van der Waals surface area contributed by atoms with Crippen molar-refractivity contribution in [3.05, 3.63) is 16.1 Å². The minimum atomic E-state index is 0.443. The molecule has 2 rings (SSSR count). The molecule has 1 saturated carbocycles. The largest absolute Gasteiger partial charge is 0.369 e. The van der Waals surface area contributed by atoms with Gasteiger partial charge in [-0.15, -0.1) is 0 Å². The van der Waals surface area contributed by atoms with E-state index in [1.54, 1.807) is 6.07 Å². The van der Waals surface area contributed by atoms with Gasteiger partial charge in [-0.3, -0.25) is 4.90 Å². The highest BCUT2D eigenvalue weighted by Crippen LogP contribution is 2.30. The van der Waals surface area contributed by atoms with Crippen LogP contribution in [0.3, 0.4) is 0 Å². The number of nitrogens with zero attached hydrogens (tertiary/aromatic N) is 2. The normalized spacial score (nSPS) is 16.1. The van der Waals surface area contributed by atoms with E-state index in [-0.39, 0.29) is 0 Å². The molecular formula is C15H24Cl2N4. The second kappa shape index (κ2) is 7.52. The molecule has 118 valence electrons. The summed E-state index contributed by atoms with van der Waals surface area (Å²) >= 11 is 12.4. The van der Waals surface area contributed by atoms with Crippen LogP contribution in [0.1, 0.15) is 33.1 Å². The summed E-state index contributed by atoms with van der Waals surface area (Å²) in [6.45, 7) is 5.97. The Kier molecular flexibility index (Phi) is 5.97. The molecule has 21 heavy (non-hydrogen) atoms. The quantitative estimate of drug-likeness (QED) is 0.752. The van der Waals surface area contributed by atoms with Crippen molar-refractivity contribution in [2.24, 2.45) is 0 Å². The Balaban J connectivity index is 1.97. The molecular weight excluding hydrogens is 307 g/mol. The summed E-state index contributed by atoms with van der Waals surface area (Å²) in [6, 6.07) is 2.93. The van der Waals surface area contributed by atoms with E-state index in [1.807, 2.05) is 0 Å². The minimum Gasteiger partial charge on any atom is -0.369 e. The lowest BCUT2D eigenvalue weighted by atomic mass is 10.3. The molecule has 0 aliphatic heterocycles. The highest BCUT2D eigenvalue weighted by molar-refractivity contribution is 6.37. The molecule has 0 amide bonds. The minimum absolute atomic E-state index is 0.443. The number of halogens is 2. The van der Waals surface area contributed by atoms with Gasteiger partial charge in [-0.25, -0.2) is 4.98 Å². The zero-order valence-electron chi connectivity index (χ0n) is 12.9. The number of likely N-dealkylation sites (N-methyl/N-ethyl adjacent to an activating group) is 1. The number of hydrogen-bond donors (Lipinski definition) is 2. The van der Waals surface area contributed by atoms with Crippen LogP contribution in [0.25, 0.3) is 0 Å². The zero-order chi connectivity index (χ0) is 15.4. The second-order valence-electron chi connectivity index (χ2n) is 5.70. The van der Waals surface area contributed by atoms with E-state index in [0.717, 1.165) is 25.6 Å². The van der Waals surface area contributed by atoms with Crippen molar-refractivity contribution in [2.45, 2.75) is 45.2 Å². The van der Waals surface area contributed by atoms with Crippen LogP contribution in [0.4, 0.5) is 11.6 Å². The van der Waals surface area contributed by atoms with Gasteiger partial charge < -0.3 is 10.6 Å². The van der Waals surface area contributed by atoms with Crippen molar-refractivity contribution >= 4 is 34.8 Å². The summed E-state index contributed by atoms with van der Waals surface area (Å²) in [4.78, 5) is 6.91. The predicted octanol–water partition coefficient (Wildman–Crippen LogP) is 4.10. The van der Waals surface area contributed by atoms with Gasteiger partial charge in [0, 0.05) is 25.2 Å². The van der Waals surface area contributed by atoms with Gasteiger partial charge in [-0.05, 0) is 39.3 Å². The topological polar surface area (TPSA) is 40.2 Å². The van der Waals surface area contributed by atoms with Crippen molar-refractivity contribution in [1.82, 2.24) is 9.88 Å². The molecule has 1 atom stereocenters. The molecule has 1 fully saturated rings. The fraction of sp³-hybridized carbons (Fsp3) is 0.667. The molecule has 0 radical (unpaired) electrons. The third-order valence-corrected chi connectivity index (χ3v) is 4.43. The standard InChI is InChI=1S/C15H24Cl2N4/c1-4-7-18-14-12(16)8-13(17)15(20-14)19-9-10(2)21(3)11-5-6-11/h8,10-11H,4-7,9H2,1-3H3,(H2,18,19,20). The smallest absolute Gasteiger partial charge is 0.147 e. The van der Waals surface area contributed by atoms with Crippen molar-refractivity contribution < 1.29 is 0 Å². The first-order valence-electron chi connectivity index (χ1n) is 7.58. The summed E-state index contributed by atoms with van der Waals surface area (Å²) in [5, 5.41) is 7.67. The molecule has 0 saturated heterocycles. The Morgan fingerprint density at radius 2 is 1.90 bits per heavy atom. The van der Waals surface area contributed by atoms with Crippen LogP contribution in [-0.4, -0.2) is 42.1 Å². The third-order valence-electron chi connectivity index (χ3n) is 3.85. The summed E-state index contributed by atoms with van der Waals surface area (Å²) in [5.74, 6) is 1.38. The van der Waals surface area contributed by atoms with E-state index in [2.05, 4.69) is 41.4 Å². The molecule has 4 nitrogen and oxygen atoms in total. The molecule has 1 aliphatic rings. The summed E-state index contributed by atoms with van der Waals surface area (Å²) in [5.41, 5.74) is 0. The maximum Gasteiger partial charge on any atom is 0.147 e. The monoisotopic (exact) mass is 330 g/mol. The molecule has 1 unspecified atom stereocenters. The van der Waals surface area contributed by atoms with Crippen LogP contribution in [0.2, 0.25) is 10.0 Å². The van der Waals surface area contributed by atoms with E-state index in [0.29, 0.717) is 27.7 Å². The van der Waals surface area contributed by atoms with Crippen LogP contribution in [-0.2, 0) is 0 Å². The summed E-state index contributed by atoms with van der Waals surface area (Å²) < 4.78 is 0. The number of anilines is 2. The number of pyridine rings is 1.